The van der Waals surface area contributed by atoms with Crippen molar-refractivity contribution in [3.8, 4) is 23.3 Å². The lowest BCUT2D eigenvalue weighted by Crippen LogP contribution is -2.06. The van der Waals surface area contributed by atoms with Gasteiger partial charge in [-0.05, 0) is 17.7 Å². The number of rotatable bonds is 4. The molecule has 2 aromatic heterocycles. The summed E-state index contributed by atoms with van der Waals surface area (Å²) in [5.74, 6) is 0.151. The van der Waals surface area contributed by atoms with Crippen LogP contribution in [0.5, 0.6) is 5.88 Å². The average Bonchev–Trinajstić information content (AvgIpc) is 3.03. The number of hydrogen-bond donors (Lipinski definition) is 0. The molecule has 0 saturated carbocycles. The lowest BCUT2D eigenvalue weighted by Gasteiger charge is -2.08. The van der Waals surface area contributed by atoms with Crippen molar-refractivity contribution in [3.63, 3.8) is 0 Å². The van der Waals surface area contributed by atoms with Crippen molar-refractivity contribution >= 4 is 0 Å². The molecular formula is C18H13F3N4O. The summed E-state index contributed by atoms with van der Waals surface area (Å²) < 4.78 is 45.2. The number of alkyl halides is 3. The van der Waals surface area contributed by atoms with Crippen LogP contribution in [-0.4, -0.2) is 14.8 Å². The van der Waals surface area contributed by atoms with E-state index in [1.165, 1.54) is 19.2 Å². The van der Waals surface area contributed by atoms with E-state index in [9.17, 15) is 18.4 Å². The number of aryl methyl sites for hydroxylation is 1. The van der Waals surface area contributed by atoms with E-state index in [2.05, 4.69) is 10.1 Å². The van der Waals surface area contributed by atoms with Crippen molar-refractivity contribution in [3.05, 3.63) is 65.4 Å². The first-order valence-electron chi connectivity index (χ1n) is 7.57. The molecule has 0 unspecified atom stereocenters. The van der Waals surface area contributed by atoms with Gasteiger partial charge in [0.15, 0.2) is 5.69 Å². The molecule has 3 aromatic rings. The van der Waals surface area contributed by atoms with E-state index in [1.807, 2.05) is 36.4 Å². The summed E-state index contributed by atoms with van der Waals surface area (Å²) in [6, 6.07) is 15.0. The van der Waals surface area contributed by atoms with E-state index in [-0.39, 0.29) is 29.4 Å². The Balaban J connectivity index is 1.93. The highest BCUT2D eigenvalue weighted by Gasteiger charge is 2.34. The zero-order chi connectivity index (χ0) is 18.7. The summed E-state index contributed by atoms with van der Waals surface area (Å²) >= 11 is 0. The number of ether oxygens (including phenoxy) is 1. The molecule has 2 heterocycles. The van der Waals surface area contributed by atoms with Crippen molar-refractivity contribution in [1.29, 1.82) is 5.26 Å². The smallest absolute Gasteiger partial charge is 0.435 e. The van der Waals surface area contributed by atoms with Gasteiger partial charge >= 0.3 is 6.18 Å². The molecule has 0 bridgehead atoms. The lowest BCUT2D eigenvalue weighted by molar-refractivity contribution is -0.141. The molecule has 0 aliphatic carbocycles. The van der Waals surface area contributed by atoms with Gasteiger partial charge in [0.25, 0.3) is 0 Å². The maximum absolute atomic E-state index is 12.9. The molecule has 132 valence electrons. The Morgan fingerprint density at radius 2 is 1.88 bits per heavy atom. The van der Waals surface area contributed by atoms with E-state index in [0.29, 0.717) is 0 Å². The number of nitrogens with zero attached hydrogens (tertiary/aromatic N) is 4. The number of halogens is 3. The minimum absolute atomic E-state index is 0.138. The molecule has 1 aromatic carbocycles. The monoisotopic (exact) mass is 358 g/mol. The molecule has 0 fully saturated rings. The largest absolute Gasteiger partial charge is 0.473 e. The summed E-state index contributed by atoms with van der Waals surface area (Å²) in [7, 11) is 1.38. The van der Waals surface area contributed by atoms with E-state index >= 15 is 0 Å². The Morgan fingerprint density at radius 3 is 2.50 bits per heavy atom. The molecule has 0 radical (unpaired) electrons. The van der Waals surface area contributed by atoms with E-state index in [4.69, 9.17) is 4.74 Å². The number of aromatic nitrogens is 3. The summed E-state index contributed by atoms with van der Waals surface area (Å²) in [5.41, 5.74) is 0.424. The molecule has 0 spiro atoms. The molecule has 0 aliphatic rings. The second kappa shape index (κ2) is 6.88. The van der Waals surface area contributed by atoms with Crippen LogP contribution in [0.1, 0.15) is 16.8 Å². The van der Waals surface area contributed by atoms with Gasteiger partial charge in [-0.2, -0.15) is 23.5 Å². The molecule has 0 N–H and O–H groups in total. The normalized spacial score (nSPS) is 11.2. The van der Waals surface area contributed by atoms with Gasteiger partial charge in [0.05, 0.1) is 23.0 Å². The Kier molecular flexibility index (Phi) is 4.63. The molecule has 0 atom stereocenters. The Bertz CT molecular complexity index is 959. The van der Waals surface area contributed by atoms with E-state index in [1.54, 1.807) is 0 Å². The van der Waals surface area contributed by atoms with Crippen LogP contribution in [0.4, 0.5) is 13.2 Å². The molecule has 5 nitrogen and oxygen atoms in total. The first-order valence-corrected chi connectivity index (χ1v) is 7.57. The van der Waals surface area contributed by atoms with Gasteiger partial charge in [0.1, 0.15) is 6.61 Å². The Morgan fingerprint density at radius 1 is 1.15 bits per heavy atom. The summed E-state index contributed by atoms with van der Waals surface area (Å²) in [5, 5.41) is 12.7. The second-order valence-electron chi connectivity index (χ2n) is 5.50. The summed E-state index contributed by atoms with van der Waals surface area (Å²) in [4.78, 5) is 4.22. The van der Waals surface area contributed by atoms with Gasteiger partial charge in [-0.3, -0.25) is 4.68 Å². The predicted molar refractivity (Wildman–Crippen MR) is 86.9 cm³/mol. The van der Waals surface area contributed by atoms with Gasteiger partial charge in [0, 0.05) is 13.1 Å². The fourth-order valence-electron chi connectivity index (χ4n) is 2.35. The van der Waals surface area contributed by atoms with Crippen molar-refractivity contribution in [2.45, 2.75) is 12.8 Å². The topological polar surface area (TPSA) is 63.7 Å². The van der Waals surface area contributed by atoms with Crippen LogP contribution in [0.25, 0.3) is 11.4 Å². The summed E-state index contributed by atoms with van der Waals surface area (Å²) in [6.45, 7) is 0.224. The van der Waals surface area contributed by atoms with Gasteiger partial charge < -0.3 is 4.74 Å². The SMILES string of the molecule is Cn1nc(C(F)(F)F)cc1-c1cc(C#N)cc(OCc2ccccc2)n1. The number of benzene rings is 1. The van der Waals surface area contributed by atoms with Crippen LogP contribution in [0.15, 0.2) is 48.5 Å². The second-order valence-corrected chi connectivity index (χ2v) is 5.50. The number of hydrogen-bond acceptors (Lipinski definition) is 4. The highest BCUT2D eigenvalue weighted by atomic mass is 19.4. The Hall–Kier alpha value is -3.34. The maximum atomic E-state index is 12.9. The molecule has 26 heavy (non-hydrogen) atoms. The third kappa shape index (κ3) is 3.83. The van der Waals surface area contributed by atoms with Crippen LogP contribution >= 0.6 is 0 Å². The number of pyridine rings is 1. The fraction of sp³-hybridized carbons (Fsp3) is 0.167. The maximum Gasteiger partial charge on any atom is 0.435 e. The summed E-state index contributed by atoms with van der Waals surface area (Å²) in [6.07, 6.45) is -4.56. The highest BCUT2D eigenvalue weighted by Crippen LogP contribution is 2.31. The Labute approximate surface area is 147 Å². The molecular weight excluding hydrogens is 345 g/mol. The van der Waals surface area contributed by atoms with Crippen molar-refractivity contribution < 1.29 is 17.9 Å². The zero-order valence-corrected chi connectivity index (χ0v) is 13.7. The van der Waals surface area contributed by atoms with Crippen LogP contribution in [0.2, 0.25) is 0 Å². The van der Waals surface area contributed by atoms with Crippen LogP contribution < -0.4 is 4.74 Å². The zero-order valence-electron chi connectivity index (χ0n) is 13.7. The van der Waals surface area contributed by atoms with E-state index in [0.717, 1.165) is 16.3 Å². The number of nitriles is 1. The van der Waals surface area contributed by atoms with Gasteiger partial charge in [-0.1, -0.05) is 30.3 Å². The van der Waals surface area contributed by atoms with Crippen molar-refractivity contribution in [1.82, 2.24) is 14.8 Å². The van der Waals surface area contributed by atoms with Crippen LogP contribution in [0.3, 0.4) is 0 Å². The lowest BCUT2D eigenvalue weighted by atomic mass is 10.2. The van der Waals surface area contributed by atoms with Crippen LogP contribution in [-0.2, 0) is 19.8 Å². The molecule has 0 aliphatic heterocycles. The van der Waals surface area contributed by atoms with Crippen molar-refractivity contribution in [2.24, 2.45) is 7.05 Å². The first-order chi connectivity index (χ1) is 12.4. The van der Waals surface area contributed by atoms with Gasteiger partial charge in [-0.15, -0.1) is 0 Å². The third-order valence-electron chi connectivity index (χ3n) is 3.59. The molecule has 8 heteroatoms. The van der Waals surface area contributed by atoms with Crippen molar-refractivity contribution in [2.75, 3.05) is 0 Å². The first kappa shape index (κ1) is 17.5. The third-order valence-corrected chi connectivity index (χ3v) is 3.59. The molecule has 0 saturated heterocycles. The molecule has 3 rings (SSSR count). The van der Waals surface area contributed by atoms with Gasteiger partial charge in [0.2, 0.25) is 5.88 Å². The minimum atomic E-state index is -4.56. The minimum Gasteiger partial charge on any atom is -0.473 e. The van der Waals surface area contributed by atoms with Gasteiger partial charge in [-0.25, -0.2) is 4.98 Å². The predicted octanol–water partition coefficient (Wildman–Crippen LogP) is 3.95. The van der Waals surface area contributed by atoms with Crippen LogP contribution in [0, 0.1) is 11.3 Å². The van der Waals surface area contributed by atoms with E-state index < -0.39 is 11.9 Å². The fourth-order valence-corrected chi connectivity index (χ4v) is 2.35. The standard InChI is InChI=1S/C18H13F3N4O/c1-25-15(9-16(24-25)18(19,20)21)14-7-13(10-22)8-17(23-14)26-11-12-5-3-2-4-6-12/h2-9H,11H2,1H3. The average molecular weight is 358 g/mol. The molecule has 0 amide bonds. The quantitative estimate of drug-likeness (QED) is 0.708. The highest BCUT2D eigenvalue weighted by molar-refractivity contribution is 5.59.